The number of hydrogen-bond acceptors (Lipinski definition) is 6. The summed E-state index contributed by atoms with van der Waals surface area (Å²) in [4.78, 5) is 30.1. The van der Waals surface area contributed by atoms with Crippen molar-refractivity contribution >= 4 is 43.6 Å². The Morgan fingerprint density at radius 2 is 0.468 bits per heavy atom. The maximum absolute atomic E-state index is 5.05. The van der Waals surface area contributed by atoms with Gasteiger partial charge in [-0.25, -0.2) is 39.3 Å². The van der Waals surface area contributed by atoms with Gasteiger partial charge in [-0.05, 0) is 48.5 Å². The molecule has 4 aromatic heterocycles. The fraction of sp³-hybridized carbons (Fsp3) is 0. The quantitative estimate of drug-likeness (QED) is 0.160. The van der Waals surface area contributed by atoms with Crippen LogP contribution in [0.1, 0.15) is 0 Å². The highest BCUT2D eigenvalue weighted by molar-refractivity contribution is 6.13. The Morgan fingerprint density at radius 1 is 0.210 bits per heavy atom. The lowest BCUT2D eigenvalue weighted by Gasteiger charge is -2.14. The molecule has 0 bridgehead atoms. The Bertz CT molecular complexity index is 3260. The molecule has 12 aromatic rings. The normalized spacial score (nSPS) is 11.5. The third-order valence-electron chi connectivity index (χ3n) is 11.4. The first-order chi connectivity index (χ1) is 30.7. The second kappa shape index (κ2) is 14.6. The molecule has 8 aromatic carbocycles. The minimum Gasteiger partial charge on any atom is -0.248 e. The first-order valence-corrected chi connectivity index (χ1v) is 20.6. The minimum absolute atomic E-state index is 0.616. The van der Waals surface area contributed by atoms with Crippen molar-refractivity contribution in [2.24, 2.45) is 0 Å². The zero-order chi connectivity index (χ0) is 41.0. The monoisotopic (exact) mass is 794 g/mol. The van der Waals surface area contributed by atoms with Crippen LogP contribution in [0.4, 0.5) is 0 Å². The highest BCUT2D eigenvalue weighted by atomic mass is 15.5. The van der Waals surface area contributed by atoms with E-state index in [1.54, 1.807) is 0 Å². The molecule has 4 heterocycles. The summed E-state index contributed by atoms with van der Waals surface area (Å²) in [6.45, 7) is 0. The first kappa shape index (κ1) is 35.3. The van der Waals surface area contributed by atoms with Crippen molar-refractivity contribution in [2.45, 2.75) is 0 Å². The fourth-order valence-corrected chi connectivity index (χ4v) is 8.49. The highest BCUT2D eigenvalue weighted by Gasteiger charge is 2.21. The molecule has 12 rings (SSSR count). The van der Waals surface area contributed by atoms with Gasteiger partial charge in [0, 0.05) is 54.9 Å². The Hall–Kier alpha value is -8.62. The third-order valence-corrected chi connectivity index (χ3v) is 11.4. The molecule has 0 atom stereocenters. The van der Waals surface area contributed by atoms with Crippen LogP contribution in [0.5, 0.6) is 0 Å². The molecule has 0 amide bonds. The highest BCUT2D eigenvalue weighted by Crippen LogP contribution is 2.38. The van der Waals surface area contributed by atoms with E-state index < -0.39 is 0 Å². The Morgan fingerprint density at radius 3 is 0.790 bits per heavy atom. The molecule has 0 aliphatic heterocycles. The number of rotatable bonds is 7. The van der Waals surface area contributed by atoms with E-state index in [0.717, 1.165) is 77.0 Å². The number of nitrogens with zero attached hydrogens (tertiary/aromatic N) is 8. The van der Waals surface area contributed by atoms with Gasteiger partial charge in [-0.15, -0.1) is 0 Å². The van der Waals surface area contributed by atoms with Gasteiger partial charge in [-0.2, -0.15) is 0 Å². The molecular formula is C54H34N8. The predicted molar refractivity (Wildman–Crippen MR) is 249 cm³/mol. The Balaban J connectivity index is 1.04. The van der Waals surface area contributed by atoms with Gasteiger partial charge in [0.15, 0.2) is 34.9 Å². The van der Waals surface area contributed by atoms with Gasteiger partial charge in [0.25, 0.3) is 0 Å². The zero-order valence-electron chi connectivity index (χ0n) is 33.2. The van der Waals surface area contributed by atoms with Crippen LogP contribution in [0.3, 0.4) is 0 Å². The van der Waals surface area contributed by atoms with E-state index in [0.29, 0.717) is 34.9 Å². The Kier molecular flexibility index (Phi) is 8.31. The lowest BCUT2D eigenvalue weighted by Crippen LogP contribution is -2.08. The fourth-order valence-electron chi connectivity index (χ4n) is 8.49. The summed E-state index contributed by atoms with van der Waals surface area (Å²) in [7, 11) is 0. The molecule has 0 saturated carbocycles. The van der Waals surface area contributed by atoms with E-state index in [1.807, 2.05) is 121 Å². The molecule has 0 spiro atoms. The molecule has 8 nitrogen and oxygen atoms in total. The second-order valence-electron chi connectivity index (χ2n) is 15.2. The van der Waals surface area contributed by atoms with Gasteiger partial charge in [0.1, 0.15) is 0 Å². The number of fused-ring (bicyclic) bond motifs is 6. The van der Waals surface area contributed by atoms with E-state index in [4.69, 9.17) is 29.9 Å². The average Bonchev–Trinajstić information content (AvgIpc) is 3.86. The van der Waals surface area contributed by atoms with Crippen molar-refractivity contribution in [3.63, 3.8) is 0 Å². The average molecular weight is 795 g/mol. The number of para-hydroxylation sites is 2. The lowest BCUT2D eigenvalue weighted by molar-refractivity contribution is 0.775. The third kappa shape index (κ3) is 6.00. The summed E-state index contributed by atoms with van der Waals surface area (Å²) in [5.41, 5.74) is 9.82. The molecule has 62 heavy (non-hydrogen) atoms. The zero-order valence-corrected chi connectivity index (χ0v) is 33.2. The van der Waals surface area contributed by atoms with Crippen molar-refractivity contribution < 1.29 is 0 Å². The van der Waals surface area contributed by atoms with Crippen molar-refractivity contribution in [1.29, 1.82) is 0 Å². The standard InChI is InChI=1S/C54H34N8/c1-5-17-35(18-6-1)49-55-50(36-19-7-2-8-20-36)58-53(57-49)39-29-31-47-43(33-39)41-25-13-15-27-45(41)61(47)62-46-28-16-14-26-42(46)44-34-40(30-32-48(44)62)54-59-51(37-21-9-3-10-22-37)56-52(60-54)38-23-11-4-12-24-38/h1-34H. The van der Waals surface area contributed by atoms with Gasteiger partial charge in [0.05, 0.1) is 22.1 Å². The summed E-state index contributed by atoms with van der Waals surface area (Å²) < 4.78 is 4.67. The minimum atomic E-state index is 0.616. The summed E-state index contributed by atoms with van der Waals surface area (Å²) in [6.07, 6.45) is 0. The summed E-state index contributed by atoms with van der Waals surface area (Å²) >= 11 is 0. The molecule has 0 aliphatic carbocycles. The number of hydrogen-bond donors (Lipinski definition) is 0. The summed E-state index contributed by atoms with van der Waals surface area (Å²) in [6, 6.07) is 70.6. The molecule has 0 N–H and O–H groups in total. The van der Waals surface area contributed by atoms with Crippen LogP contribution >= 0.6 is 0 Å². The van der Waals surface area contributed by atoms with Crippen LogP contribution in [0.15, 0.2) is 206 Å². The van der Waals surface area contributed by atoms with Gasteiger partial charge < -0.3 is 0 Å². The van der Waals surface area contributed by atoms with Crippen LogP contribution in [-0.2, 0) is 0 Å². The van der Waals surface area contributed by atoms with E-state index >= 15 is 0 Å². The van der Waals surface area contributed by atoms with Gasteiger partial charge in [-0.1, -0.05) is 158 Å². The van der Waals surface area contributed by atoms with Gasteiger partial charge in [0.2, 0.25) is 0 Å². The molecule has 0 fully saturated rings. The van der Waals surface area contributed by atoms with Crippen LogP contribution in [-0.4, -0.2) is 39.3 Å². The molecule has 8 heteroatoms. The van der Waals surface area contributed by atoms with E-state index in [1.165, 1.54) is 0 Å². The van der Waals surface area contributed by atoms with Crippen molar-refractivity contribution in [1.82, 2.24) is 39.3 Å². The smallest absolute Gasteiger partial charge is 0.164 e. The van der Waals surface area contributed by atoms with E-state index in [9.17, 15) is 0 Å². The topological polar surface area (TPSA) is 87.2 Å². The van der Waals surface area contributed by atoms with Crippen molar-refractivity contribution in [2.75, 3.05) is 0 Å². The lowest BCUT2D eigenvalue weighted by atomic mass is 10.1. The molecule has 0 unspecified atom stereocenters. The van der Waals surface area contributed by atoms with E-state index in [2.05, 4.69) is 94.3 Å². The predicted octanol–water partition coefficient (Wildman–Crippen LogP) is 12.6. The number of aromatic nitrogens is 8. The number of benzene rings is 8. The first-order valence-electron chi connectivity index (χ1n) is 20.6. The van der Waals surface area contributed by atoms with Crippen molar-refractivity contribution in [3.05, 3.63) is 206 Å². The molecule has 0 aliphatic rings. The SMILES string of the molecule is c1ccc(-c2nc(-c3ccccc3)nc(-c3ccc4c(c3)c3ccccc3n4-n3c4ccccc4c4cc(-c5nc(-c6ccccc6)nc(-c6ccccc6)n5)ccc43)n2)cc1. The molecule has 0 saturated heterocycles. The molecule has 290 valence electrons. The Labute approximate surface area is 356 Å². The van der Waals surface area contributed by atoms with Gasteiger partial charge in [-0.3, -0.25) is 0 Å². The van der Waals surface area contributed by atoms with Crippen LogP contribution in [0.2, 0.25) is 0 Å². The van der Waals surface area contributed by atoms with Crippen LogP contribution in [0.25, 0.3) is 112 Å². The summed E-state index contributed by atoms with van der Waals surface area (Å²) in [5, 5.41) is 4.44. The van der Waals surface area contributed by atoms with E-state index in [-0.39, 0.29) is 0 Å². The molecular weight excluding hydrogens is 761 g/mol. The van der Waals surface area contributed by atoms with Crippen molar-refractivity contribution in [3.8, 4) is 68.3 Å². The van der Waals surface area contributed by atoms with Gasteiger partial charge >= 0.3 is 0 Å². The maximum atomic E-state index is 5.05. The second-order valence-corrected chi connectivity index (χ2v) is 15.2. The van der Waals surface area contributed by atoms with Crippen LogP contribution in [0, 0.1) is 0 Å². The van der Waals surface area contributed by atoms with Crippen LogP contribution < -0.4 is 0 Å². The largest absolute Gasteiger partial charge is 0.248 e. The molecule has 0 radical (unpaired) electrons. The summed E-state index contributed by atoms with van der Waals surface area (Å²) in [5.74, 6) is 3.76. The maximum Gasteiger partial charge on any atom is 0.164 e.